The van der Waals surface area contributed by atoms with Gasteiger partial charge in [0, 0.05) is 22.2 Å². The van der Waals surface area contributed by atoms with E-state index < -0.39 is 0 Å². The van der Waals surface area contributed by atoms with Crippen molar-refractivity contribution >= 4 is 22.7 Å². The van der Waals surface area contributed by atoms with Crippen LogP contribution in [0.4, 0.5) is 4.39 Å². The number of hydrogen-bond acceptors (Lipinski definition) is 5. The summed E-state index contributed by atoms with van der Waals surface area (Å²) in [4.78, 5) is 4.79. The van der Waals surface area contributed by atoms with E-state index in [4.69, 9.17) is 9.40 Å². The number of rotatable bonds is 6. The molecule has 4 nitrogen and oxygen atoms in total. The zero-order valence-electron chi connectivity index (χ0n) is 15.7. The standard InChI is InChI=1S/C22H20FN3OS/c1-14(19-11-10-17-7-3-4-9-20(17)24-19)15(2)28-22-26-25-21(27-22)13-16-6-5-8-18(23)12-16/h3-12,14-15H,13H2,1-2H3/t14-,15-/m0/s1. The van der Waals surface area contributed by atoms with Crippen molar-refractivity contribution < 1.29 is 8.81 Å². The lowest BCUT2D eigenvalue weighted by molar-refractivity contribution is 0.419. The number of halogens is 1. The van der Waals surface area contributed by atoms with Crippen LogP contribution in [-0.4, -0.2) is 20.4 Å². The van der Waals surface area contributed by atoms with Crippen molar-refractivity contribution in [1.29, 1.82) is 0 Å². The maximum atomic E-state index is 13.3. The molecule has 6 heteroatoms. The number of hydrogen-bond donors (Lipinski definition) is 0. The van der Waals surface area contributed by atoms with Gasteiger partial charge in [-0.05, 0) is 29.8 Å². The zero-order chi connectivity index (χ0) is 19.5. The largest absolute Gasteiger partial charge is 0.416 e. The summed E-state index contributed by atoms with van der Waals surface area (Å²) in [5.74, 6) is 0.432. The molecule has 0 unspecified atom stereocenters. The molecule has 2 aromatic carbocycles. The van der Waals surface area contributed by atoms with Crippen LogP contribution in [0.5, 0.6) is 0 Å². The minimum Gasteiger partial charge on any atom is -0.416 e. The number of para-hydroxylation sites is 1. The summed E-state index contributed by atoms with van der Waals surface area (Å²) in [6, 6.07) is 18.7. The van der Waals surface area contributed by atoms with Crippen LogP contribution < -0.4 is 0 Å². The maximum Gasteiger partial charge on any atom is 0.276 e. The van der Waals surface area contributed by atoms with E-state index in [1.807, 2.05) is 24.3 Å². The highest BCUT2D eigenvalue weighted by atomic mass is 32.2. The van der Waals surface area contributed by atoms with E-state index in [9.17, 15) is 4.39 Å². The van der Waals surface area contributed by atoms with Crippen LogP contribution in [0.2, 0.25) is 0 Å². The Labute approximate surface area is 167 Å². The van der Waals surface area contributed by atoms with Gasteiger partial charge in [0.2, 0.25) is 5.89 Å². The number of thioether (sulfide) groups is 1. The van der Waals surface area contributed by atoms with Gasteiger partial charge in [-0.2, -0.15) is 0 Å². The van der Waals surface area contributed by atoms with E-state index >= 15 is 0 Å². The van der Waals surface area contributed by atoms with Gasteiger partial charge >= 0.3 is 0 Å². The number of aromatic nitrogens is 3. The van der Waals surface area contributed by atoms with Gasteiger partial charge in [0.15, 0.2) is 0 Å². The van der Waals surface area contributed by atoms with Crippen molar-refractivity contribution in [3.63, 3.8) is 0 Å². The average Bonchev–Trinajstić information content (AvgIpc) is 3.13. The lowest BCUT2D eigenvalue weighted by Crippen LogP contribution is -2.10. The molecule has 0 amide bonds. The first-order chi connectivity index (χ1) is 13.6. The molecule has 0 aliphatic rings. The minimum absolute atomic E-state index is 0.205. The molecule has 142 valence electrons. The minimum atomic E-state index is -0.267. The van der Waals surface area contributed by atoms with Crippen LogP contribution in [0, 0.1) is 5.82 Å². The second-order valence-corrected chi connectivity index (χ2v) is 8.14. The van der Waals surface area contributed by atoms with Gasteiger partial charge in [-0.25, -0.2) is 4.39 Å². The van der Waals surface area contributed by atoms with Crippen LogP contribution in [0.15, 0.2) is 70.3 Å². The molecule has 0 N–H and O–H groups in total. The topological polar surface area (TPSA) is 51.8 Å². The fourth-order valence-electron chi connectivity index (χ4n) is 3.02. The second-order valence-electron chi connectivity index (χ2n) is 6.81. The van der Waals surface area contributed by atoms with E-state index in [0.29, 0.717) is 17.5 Å². The van der Waals surface area contributed by atoms with E-state index in [0.717, 1.165) is 22.2 Å². The van der Waals surface area contributed by atoms with Crippen LogP contribution in [0.1, 0.15) is 36.9 Å². The molecule has 28 heavy (non-hydrogen) atoms. The second kappa shape index (κ2) is 8.10. The van der Waals surface area contributed by atoms with Crippen LogP contribution in [0.3, 0.4) is 0 Å². The average molecular weight is 393 g/mol. The fourth-order valence-corrected chi connectivity index (χ4v) is 3.91. The number of fused-ring (bicyclic) bond motifs is 1. The molecule has 0 spiro atoms. The van der Waals surface area contributed by atoms with Crippen molar-refractivity contribution in [3.8, 4) is 0 Å². The van der Waals surface area contributed by atoms with Gasteiger partial charge < -0.3 is 4.42 Å². The molecule has 0 radical (unpaired) electrons. The van der Waals surface area contributed by atoms with Crippen molar-refractivity contribution in [1.82, 2.24) is 15.2 Å². The smallest absolute Gasteiger partial charge is 0.276 e. The van der Waals surface area contributed by atoms with Crippen molar-refractivity contribution in [2.75, 3.05) is 0 Å². The molecular formula is C22H20FN3OS. The van der Waals surface area contributed by atoms with Gasteiger partial charge in [-0.1, -0.05) is 62.0 Å². The molecule has 2 atom stereocenters. The molecule has 0 bridgehead atoms. The van der Waals surface area contributed by atoms with E-state index in [1.165, 1.54) is 23.9 Å². The predicted molar refractivity (Wildman–Crippen MR) is 109 cm³/mol. The highest BCUT2D eigenvalue weighted by Gasteiger charge is 2.20. The Morgan fingerprint density at radius 2 is 1.86 bits per heavy atom. The van der Waals surface area contributed by atoms with Gasteiger partial charge in [0.05, 0.1) is 11.9 Å². The fraction of sp³-hybridized carbons (Fsp3) is 0.227. The molecule has 2 aromatic heterocycles. The summed E-state index contributed by atoms with van der Waals surface area (Å²) in [6.07, 6.45) is 0.418. The molecule has 0 saturated heterocycles. The van der Waals surface area contributed by atoms with Crippen molar-refractivity contribution in [2.45, 2.75) is 36.7 Å². The monoisotopic (exact) mass is 393 g/mol. The molecule has 0 fully saturated rings. The van der Waals surface area contributed by atoms with E-state index in [-0.39, 0.29) is 17.0 Å². The highest BCUT2D eigenvalue weighted by Crippen LogP contribution is 2.32. The lowest BCUT2D eigenvalue weighted by atomic mass is 10.0. The van der Waals surface area contributed by atoms with E-state index in [1.54, 1.807) is 6.07 Å². The Balaban J connectivity index is 1.44. The van der Waals surface area contributed by atoms with Crippen LogP contribution >= 0.6 is 11.8 Å². The number of benzene rings is 2. The van der Waals surface area contributed by atoms with Gasteiger partial charge in [-0.3, -0.25) is 4.98 Å². The molecule has 0 aliphatic heterocycles. The Hall–Kier alpha value is -2.73. The first kappa shape index (κ1) is 18.6. The molecular weight excluding hydrogens is 373 g/mol. The Morgan fingerprint density at radius 1 is 1.00 bits per heavy atom. The predicted octanol–water partition coefficient (Wildman–Crippen LogP) is 5.63. The Bertz CT molecular complexity index is 1100. The third-order valence-electron chi connectivity index (χ3n) is 4.77. The SMILES string of the molecule is C[C@H](Sc1nnc(Cc2cccc(F)c2)o1)[C@H](C)c1ccc2ccccc2n1. The molecule has 4 aromatic rings. The first-order valence-electron chi connectivity index (χ1n) is 9.17. The maximum absolute atomic E-state index is 13.3. The summed E-state index contributed by atoms with van der Waals surface area (Å²) in [6.45, 7) is 4.28. The van der Waals surface area contributed by atoms with Gasteiger partial charge in [0.1, 0.15) is 5.82 Å². The molecule has 0 saturated carbocycles. The number of nitrogens with zero attached hydrogens (tertiary/aromatic N) is 3. The first-order valence-corrected chi connectivity index (χ1v) is 10.1. The Kier molecular flexibility index (Phi) is 5.39. The summed E-state index contributed by atoms with van der Waals surface area (Å²) in [5.41, 5.74) is 2.85. The summed E-state index contributed by atoms with van der Waals surface area (Å²) >= 11 is 1.53. The van der Waals surface area contributed by atoms with Gasteiger partial charge in [-0.15, -0.1) is 10.2 Å². The Morgan fingerprint density at radius 3 is 2.71 bits per heavy atom. The third kappa shape index (κ3) is 4.22. The number of pyridine rings is 1. The molecule has 4 rings (SSSR count). The summed E-state index contributed by atoms with van der Waals surface area (Å²) in [5, 5.41) is 10.1. The lowest BCUT2D eigenvalue weighted by Gasteiger charge is -2.17. The molecule has 0 aliphatic carbocycles. The normalized spacial score (nSPS) is 13.5. The zero-order valence-corrected chi connectivity index (χ0v) is 16.5. The van der Waals surface area contributed by atoms with Crippen LogP contribution in [0.25, 0.3) is 10.9 Å². The van der Waals surface area contributed by atoms with Gasteiger partial charge in [0.25, 0.3) is 5.22 Å². The van der Waals surface area contributed by atoms with Crippen molar-refractivity contribution in [2.24, 2.45) is 0 Å². The summed E-state index contributed by atoms with van der Waals surface area (Å²) < 4.78 is 19.1. The summed E-state index contributed by atoms with van der Waals surface area (Å²) in [7, 11) is 0. The molecule has 2 heterocycles. The highest BCUT2D eigenvalue weighted by molar-refractivity contribution is 7.99. The van der Waals surface area contributed by atoms with Crippen LogP contribution in [-0.2, 0) is 6.42 Å². The quantitative estimate of drug-likeness (QED) is 0.397. The third-order valence-corrected chi connectivity index (χ3v) is 5.92. The van der Waals surface area contributed by atoms with E-state index in [2.05, 4.69) is 42.2 Å². The van der Waals surface area contributed by atoms with Crippen molar-refractivity contribution in [3.05, 3.63) is 83.6 Å².